The van der Waals surface area contributed by atoms with Gasteiger partial charge in [0, 0.05) is 38.0 Å². The Morgan fingerprint density at radius 1 is 1.50 bits per heavy atom. The molecule has 0 aromatic carbocycles. The van der Waals surface area contributed by atoms with Gasteiger partial charge in [-0.1, -0.05) is 11.6 Å². The first-order chi connectivity index (χ1) is 9.72. The minimum absolute atomic E-state index is 0.248. The lowest BCUT2D eigenvalue weighted by Crippen LogP contribution is -2.49. The van der Waals surface area contributed by atoms with E-state index in [0.717, 1.165) is 31.0 Å². The van der Waals surface area contributed by atoms with E-state index in [1.807, 2.05) is 11.4 Å². The Bertz CT molecular complexity index is 409. The zero-order valence-electron chi connectivity index (χ0n) is 12.0. The molecule has 1 fully saturated rings. The van der Waals surface area contributed by atoms with Crippen molar-refractivity contribution in [2.24, 2.45) is 5.92 Å². The van der Waals surface area contributed by atoms with Gasteiger partial charge in [0.1, 0.15) is 0 Å². The van der Waals surface area contributed by atoms with Crippen LogP contribution in [0.3, 0.4) is 0 Å². The van der Waals surface area contributed by atoms with Gasteiger partial charge in [-0.15, -0.1) is 11.3 Å². The number of hydrogen-bond donors (Lipinski definition) is 1. The maximum absolute atomic E-state index is 6.07. The number of rotatable bonds is 7. The van der Waals surface area contributed by atoms with E-state index < -0.39 is 5.79 Å². The molecule has 0 bridgehead atoms. The van der Waals surface area contributed by atoms with Gasteiger partial charge in [-0.2, -0.15) is 0 Å². The van der Waals surface area contributed by atoms with Crippen molar-refractivity contribution in [3.05, 3.63) is 21.3 Å². The SMILES string of the molecule is COC1(OC)CCOCC1CCNCc1sccc1Cl. The Morgan fingerprint density at radius 3 is 2.95 bits per heavy atom. The van der Waals surface area contributed by atoms with Crippen LogP contribution in [-0.2, 0) is 20.8 Å². The van der Waals surface area contributed by atoms with Crippen LogP contribution in [0, 0.1) is 5.92 Å². The van der Waals surface area contributed by atoms with Crippen molar-refractivity contribution in [2.75, 3.05) is 34.0 Å². The van der Waals surface area contributed by atoms with E-state index >= 15 is 0 Å². The normalized spacial score (nSPS) is 22.1. The Labute approximate surface area is 129 Å². The maximum Gasteiger partial charge on any atom is 0.174 e. The summed E-state index contributed by atoms with van der Waals surface area (Å²) in [6.07, 6.45) is 1.73. The fourth-order valence-corrected chi connectivity index (χ4v) is 3.70. The molecular weight excluding hydrogens is 298 g/mol. The number of halogens is 1. The second kappa shape index (κ2) is 7.73. The average molecular weight is 320 g/mol. The third-order valence-corrected chi connectivity index (χ3v) is 5.26. The van der Waals surface area contributed by atoms with E-state index in [0.29, 0.717) is 13.2 Å². The molecule has 1 aliphatic rings. The molecule has 0 spiro atoms. The third-order valence-electron chi connectivity index (χ3n) is 3.87. The summed E-state index contributed by atoms with van der Waals surface area (Å²) >= 11 is 7.74. The van der Waals surface area contributed by atoms with Gasteiger partial charge in [-0.05, 0) is 24.4 Å². The number of methoxy groups -OCH3 is 2. The first kappa shape index (κ1) is 16.2. The average Bonchev–Trinajstić information content (AvgIpc) is 2.89. The predicted molar refractivity (Wildman–Crippen MR) is 81.3 cm³/mol. The lowest BCUT2D eigenvalue weighted by Gasteiger charge is -2.41. The number of hydrogen-bond acceptors (Lipinski definition) is 5. The lowest BCUT2D eigenvalue weighted by atomic mass is 9.91. The molecular formula is C14H22ClNO3S. The molecule has 1 N–H and O–H groups in total. The molecule has 20 heavy (non-hydrogen) atoms. The van der Waals surface area contributed by atoms with Gasteiger partial charge in [0.25, 0.3) is 0 Å². The Balaban J connectivity index is 1.78. The van der Waals surface area contributed by atoms with Crippen LogP contribution in [-0.4, -0.2) is 39.8 Å². The van der Waals surface area contributed by atoms with Gasteiger partial charge in [0.2, 0.25) is 0 Å². The summed E-state index contributed by atoms with van der Waals surface area (Å²) < 4.78 is 16.8. The second-order valence-electron chi connectivity index (χ2n) is 4.90. The molecule has 6 heteroatoms. The minimum atomic E-state index is -0.499. The van der Waals surface area contributed by atoms with Crippen LogP contribution >= 0.6 is 22.9 Å². The zero-order chi connectivity index (χ0) is 14.4. The number of thiophene rings is 1. The number of ether oxygens (including phenoxy) is 3. The quantitative estimate of drug-likeness (QED) is 0.619. The van der Waals surface area contributed by atoms with Gasteiger partial charge in [0.15, 0.2) is 5.79 Å². The second-order valence-corrected chi connectivity index (χ2v) is 6.31. The van der Waals surface area contributed by atoms with Crippen molar-refractivity contribution in [1.29, 1.82) is 0 Å². The zero-order valence-corrected chi connectivity index (χ0v) is 13.6. The highest BCUT2D eigenvalue weighted by atomic mass is 35.5. The molecule has 114 valence electrons. The van der Waals surface area contributed by atoms with Gasteiger partial charge < -0.3 is 19.5 Å². The van der Waals surface area contributed by atoms with Crippen molar-refractivity contribution < 1.29 is 14.2 Å². The summed E-state index contributed by atoms with van der Waals surface area (Å²) in [7, 11) is 3.42. The molecule has 2 heterocycles. The van der Waals surface area contributed by atoms with Gasteiger partial charge in [-0.25, -0.2) is 0 Å². The molecule has 1 unspecified atom stereocenters. The smallest absolute Gasteiger partial charge is 0.174 e. The highest BCUT2D eigenvalue weighted by Gasteiger charge is 2.41. The van der Waals surface area contributed by atoms with Crippen LogP contribution in [0.2, 0.25) is 5.02 Å². The summed E-state index contributed by atoms with van der Waals surface area (Å²) in [4.78, 5) is 1.18. The minimum Gasteiger partial charge on any atom is -0.381 e. The molecule has 1 saturated heterocycles. The third kappa shape index (κ3) is 3.72. The van der Waals surface area contributed by atoms with Crippen LogP contribution in [0.25, 0.3) is 0 Å². The standard InChI is InChI=1S/C14H22ClNO3S/c1-17-14(18-2)5-7-19-10-11(14)3-6-16-9-13-12(15)4-8-20-13/h4,8,11,16H,3,5-7,9-10H2,1-2H3. The first-order valence-electron chi connectivity index (χ1n) is 6.82. The Kier molecular flexibility index (Phi) is 6.26. The Morgan fingerprint density at radius 2 is 2.30 bits per heavy atom. The number of nitrogens with one attached hydrogen (secondary N) is 1. The summed E-state index contributed by atoms with van der Waals surface area (Å²) in [6, 6.07) is 1.93. The van der Waals surface area contributed by atoms with Crippen LogP contribution in [0.15, 0.2) is 11.4 Å². The summed E-state index contributed by atoms with van der Waals surface area (Å²) in [5, 5.41) is 6.27. The van der Waals surface area contributed by atoms with Crippen LogP contribution in [0.4, 0.5) is 0 Å². The molecule has 1 aliphatic heterocycles. The molecule has 0 amide bonds. The summed E-state index contributed by atoms with van der Waals surface area (Å²) in [5.41, 5.74) is 0. The van der Waals surface area contributed by atoms with Crippen molar-refractivity contribution in [3.63, 3.8) is 0 Å². The summed E-state index contributed by atoms with van der Waals surface area (Å²) in [6.45, 7) is 3.06. The van der Waals surface area contributed by atoms with Crippen molar-refractivity contribution >= 4 is 22.9 Å². The van der Waals surface area contributed by atoms with Gasteiger partial charge in [-0.3, -0.25) is 0 Å². The molecule has 2 rings (SSSR count). The molecule has 4 nitrogen and oxygen atoms in total. The van der Waals surface area contributed by atoms with Gasteiger partial charge >= 0.3 is 0 Å². The fourth-order valence-electron chi connectivity index (χ4n) is 2.62. The van der Waals surface area contributed by atoms with E-state index in [9.17, 15) is 0 Å². The molecule has 1 atom stereocenters. The van der Waals surface area contributed by atoms with Crippen LogP contribution < -0.4 is 5.32 Å². The van der Waals surface area contributed by atoms with E-state index in [2.05, 4.69) is 5.32 Å². The summed E-state index contributed by atoms with van der Waals surface area (Å²) in [5.74, 6) is -0.252. The molecule has 1 aromatic rings. The van der Waals surface area contributed by atoms with Crippen LogP contribution in [0.1, 0.15) is 17.7 Å². The van der Waals surface area contributed by atoms with E-state index in [-0.39, 0.29) is 5.92 Å². The molecule has 0 radical (unpaired) electrons. The highest BCUT2D eigenvalue weighted by molar-refractivity contribution is 7.10. The van der Waals surface area contributed by atoms with E-state index in [4.69, 9.17) is 25.8 Å². The molecule has 0 aliphatic carbocycles. The monoisotopic (exact) mass is 319 g/mol. The highest BCUT2D eigenvalue weighted by Crippen LogP contribution is 2.32. The fraction of sp³-hybridized carbons (Fsp3) is 0.714. The predicted octanol–water partition coefficient (Wildman–Crippen LogP) is 2.91. The van der Waals surface area contributed by atoms with Crippen molar-refractivity contribution in [2.45, 2.75) is 25.2 Å². The largest absolute Gasteiger partial charge is 0.381 e. The maximum atomic E-state index is 6.07. The molecule has 0 saturated carbocycles. The van der Waals surface area contributed by atoms with Crippen molar-refractivity contribution in [3.8, 4) is 0 Å². The van der Waals surface area contributed by atoms with E-state index in [1.54, 1.807) is 25.6 Å². The molecule has 1 aromatic heterocycles. The Hall–Kier alpha value is -0.170. The van der Waals surface area contributed by atoms with Gasteiger partial charge in [0.05, 0.1) is 18.2 Å². The van der Waals surface area contributed by atoms with E-state index in [1.165, 1.54) is 4.88 Å². The first-order valence-corrected chi connectivity index (χ1v) is 8.08. The lowest BCUT2D eigenvalue weighted by molar-refractivity contribution is -0.276. The van der Waals surface area contributed by atoms with Crippen molar-refractivity contribution in [1.82, 2.24) is 5.32 Å². The van der Waals surface area contributed by atoms with Crippen LogP contribution in [0.5, 0.6) is 0 Å². The topological polar surface area (TPSA) is 39.7 Å².